The fourth-order valence-electron chi connectivity index (χ4n) is 2.62. The van der Waals surface area contributed by atoms with Gasteiger partial charge in [0.15, 0.2) is 0 Å². The van der Waals surface area contributed by atoms with E-state index in [1.165, 1.54) is 22.5 Å². The third kappa shape index (κ3) is 1.74. The molecule has 1 aliphatic rings. The summed E-state index contributed by atoms with van der Waals surface area (Å²) in [4.78, 5) is 2.37. The molecule has 0 amide bonds. The van der Waals surface area contributed by atoms with E-state index in [1.807, 2.05) is 17.8 Å². The second kappa shape index (κ2) is 4.05. The zero-order valence-corrected chi connectivity index (χ0v) is 10.8. The van der Waals surface area contributed by atoms with Crippen molar-refractivity contribution in [1.82, 2.24) is 9.78 Å². The number of nitrogens with two attached hydrogens (primary N) is 1. The van der Waals surface area contributed by atoms with E-state index in [0.717, 1.165) is 25.2 Å². The molecule has 2 aromatic rings. The number of aromatic nitrogens is 2. The number of nitrogens with zero attached hydrogens (tertiary/aromatic N) is 3. The lowest BCUT2D eigenvalue weighted by Gasteiger charge is -2.16. The van der Waals surface area contributed by atoms with E-state index in [9.17, 15) is 0 Å². The zero-order valence-electron chi connectivity index (χ0n) is 10.8. The minimum absolute atomic E-state index is 0.845. The van der Waals surface area contributed by atoms with Gasteiger partial charge in [-0.15, -0.1) is 0 Å². The van der Waals surface area contributed by atoms with Crippen LogP contribution in [0.4, 0.5) is 11.4 Å². The first-order valence-corrected chi connectivity index (χ1v) is 6.32. The Kier molecular flexibility index (Phi) is 2.51. The number of anilines is 2. The molecule has 0 bridgehead atoms. The normalized spacial score (nSPS) is 14.0. The molecule has 0 atom stereocenters. The SMILES string of the molecule is CCc1nn(C)cc1N1Cc2ccc(N)cc2C1. The van der Waals surface area contributed by atoms with Crippen molar-refractivity contribution in [2.45, 2.75) is 26.4 Å². The topological polar surface area (TPSA) is 47.1 Å². The summed E-state index contributed by atoms with van der Waals surface area (Å²) >= 11 is 0. The van der Waals surface area contributed by atoms with Gasteiger partial charge in [0, 0.05) is 32.0 Å². The number of hydrogen-bond donors (Lipinski definition) is 1. The molecule has 0 radical (unpaired) electrons. The molecule has 4 heteroatoms. The highest BCUT2D eigenvalue weighted by atomic mass is 15.3. The molecule has 2 heterocycles. The Morgan fingerprint density at radius 1 is 1.28 bits per heavy atom. The van der Waals surface area contributed by atoms with Crippen LogP contribution in [0.1, 0.15) is 23.7 Å². The van der Waals surface area contributed by atoms with E-state index in [-0.39, 0.29) is 0 Å². The van der Waals surface area contributed by atoms with Crippen molar-refractivity contribution in [2.75, 3.05) is 10.6 Å². The molecule has 0 saturated carbocycles. The molecule has 94 valence electrons. The standard InChI is InChI=1S/C14H18N4/c1-3-13-14(9-17(2)16-13)18-7-10-4-5-12(15)6-11(10)8-18/h4-6,9H,3,7-8,15H2,1-2H3. The van der Waals surface area contributed by atoms with E-state index in [4.69, 9.17) is 5.73 Å². The molecule has 0 aliphatic carbocycles. The predicted octanol–water partition coefficient (Wildman–Crippen LogP) is 2.08. The summed E-state index contributed by atoms with van der Waals surface area (Å²) in [5.41, 5.74) is 11.8. The third-order valence-corrected chi connectivity index (χ3v) is 3.51. The Hall–Kier alpha value is -1.97. The number of rotatable bonds is 2. The zero-order chi connectivity index (χ0) is 12.7. The molecule has 2 N–H and O–H groups in total. The Morgan fingerprint density at radius 3 is 2.83 bits per heavy atom. The summed E-state index contributed by atoms with van der Waals surface area (Å²) < 4.78 is 1.89. The maximum Gasteiger partial charge on any atom is 0.0855 e. The minimum Gasteiger partial charge on any atom is -0.399 e. The van der Waals surface area contributed by atoms with Crippen molar-refractivity contribution < 1.29 is 0 Å². The molecular formula is C14H18N4. The van der Waals surface area contributed by atoms with Crippen LogP contribution in [0.2, 0.25) is 0 Å². The largest absolute Gasteiger partial charge is 0.399 e. The van der Waals surface area contributed by atoms with Crippen molar-refractivity contribution in [3.63, 3.8) is 0 Å². The summed E-state index contributed by atoms with van der Waals surface area (Å²) in [6.07, 6.45) is 3.07. The van der Waals surface area contributed by atoms with Crippen molar-refractivity contribution in [3.8, 4) is 0 Å². The van der Waals surface area contributed by atoms with Gasteiger partial charge in [0.2, 0.25) is 0 Å². The molecular weight excluding hydrogens is 224 g/mol. The molecule has 18 heavy (non-hydrogen) atoms. The van der Waals surface area contributed by atoms with Crippen LogP contribution in [0.25, 0.3) is 0 Å². The van der Waals surface area contributed by atoms with Crippen LogP contribution in [0.5, 0.6) is 0 Å². The number of nitrogen functional groups attached to an aromatic ring is 1. The third-order valence-electron chi connectivity index (χ3n) is 3.51. The Labute approximate surface area is 107 Å². The van der Waals surface area contributed by atoms with E-state index >= 15 is 0 Å². The number of fused-ring (bicyclic) bond motifs is 1. The number of hydrogen-bond acceptors (Lipinski definition) is 3. The summed E-state index contributed by atoms with van der Waals surface area (Å²) in [5.74, 6) is 0. The second-order valence-corrected chi connectivity index (χ2v) is 4.87. The molecule has 3 rings (SSSR count). The smallest absolute Gasteiger partial charge is 0.0855 e. The van der Waals surface area contributed by atoms with Gasteiger partial charge in [-0.3, -0.25) is 4.68 Å². The average molecular weight is 242 g/mol. The van der Waals surface area contributed by atoms with Crippen LogP contribution >= 0.6 is 0 Å². The maximum atomic E-state index is 5.84. The number of benzene rings is 1. The van der Waals surface area contributed by atoms with Crippen LogP contribution in [-0.2, 0) is 26.6 Å². The highest BCUT2D eigenvalue weighted by Crippen LogP contribution is 2.31. The quantitative estimate of drug-likeness (QED) is 0.820. The van der Waals surface area contributed by atoms with Crippen molar-refractivity contribution in [3.05, 3.63) is 41.2 Å². The van der Waals surface area contributed by atoms with Gasteiger partial charge in [-0.25, -0.2) is 0 Å². The Balaban J connectivity index is 1.93. The number of aryl methyl sites for hydroxylation is 2. The fourth-order valence-corrected chi connectivity index (χ4v) is 2.62. The molecule has 0 fully saturated rings. The first kappa shape index (κ1) is 11.1. The molecule has 0 spiro atoms. The predicted molar refractivity (Wildman–Crippen MR) is 73.3 cm³/mol. The van der Waals surface area contributed by atoms with Crippen molar-refractivity contribution >= 4 is 11.4 Å². The lowest BCUT2D eigenvalue weighted by atomic mass is 10.1. The van der Waals surface area contributed by atoms with Gasteiger partial charge >= 0.3 is 0 Å². The van der Waals surface area contributed by atoms with Crippen molar-refractivity contribution in [1.29, 1.82) is 0 Å². The van der Waals surface area contributed by atoms with Gasteiger partial charge < -0.3 is 10.6 Å². The van der Waals surface area contributed by atoms with E-state index < -0.39 is 0 Å². The summed E-state index contributed by atoms with van der Waals surface area (Å²) in [6, 6.07) is 6.19. The molecule has 0 unspecified atom stereocenters. The van der Waals surface area contributed by atoms with Crippen LogP contribution in [0, 0.1) is 0 Å². The average Bonchev–Trinajstić information content (AvgIpc) is 2.91. The molecule has 0 saturated heterocycles. The first-order valence-electron chi connectivity index (χ1n) is 6.32. The maximum absolute atomic E-state index is 5.84. The molecule has 1 aliphatic heterocycles. The van der Waals surface area contributed by atoms with E-state index in [1.54, 1.807) is 0 Å². The summed E-state index contributed by atoms with van der Waals surface area (Å²) in [6.45, 7) is 4.03. The molecule has 4 nitrogen and oxygen atoms in total. The molecule has 1 aromatic heterocycles. The van der Waals surface area contributed by atoms with Gasteiger partial charge in [0.1, 0.15) is 0 Å². The Bertz CT molecular complexity index is 585. The monoisotopic (exact) mass is 242 g/mol. The van der Waals surface area contributed by atoms with Gasteiger partial charge in [-0.1, -0.05) is 13.0 Å². The highest BCUT2D eigenvalue weighted by molar-refractivity contribution is 5.56. The lowest BCUT2D eigenvalue weighted by molar-refractivity contribution is 0.746. The highest BCUT2D eigenvalue weighted by Gasteiger charge is 2.22. The van der Waals surface area contributed by atoms with Crippen LogP contribution < -0.4 is 10.6 Å². The van der Waals surface area contributed by atoms with Gasteiger partial charge in [-0.05, 0) is 29.7 Å². The van der Waals surface area contributed by atoms with E-state index in [0.29, 0.717) is 0 Å². The molecule has 1 aromatic carbocycles. The van der Waals surface area contributed by atoms with Crippen molar-refractivity contribution in [2.24, 2.45) is 7.05 Å². The van der Waals surface area contributed by atoms with Crippen LogP contribution in [0.3, 0.4) is 0 Å². The summed E-state index contributed by atoms with van der Waals surface area (Å²) in [5, 5.41) is 4.50. The lowest BCUT2D eigenvalue weighted by Crippen LogP contribution is -2.15. The van der Waals surface area contributed by atoms with Gasteiger partial charge in [-0.2, -0.15) is 5.10 Å². The minimum atomic E-state index is 0.845. The summed E-state index contributed by atoms with van der Waals surface area (Å²) in [7, 11) is 1.98. The van der Waals surface area contributed by atoms with Gasteiger partial charge in [0.05, 0.1) is 11.4 Å². The van der Waals surface area contributed by atoms with Crippen LogP contribution in [0.15, 0.2) is 24.4 Å². The van der Waals surface area contributed by atoms with E-state index in [2.05, 4.69) is 35.3 Å². The van der Waals surface area contributed by atoms with Crippen LogP contribution in [-0.4, -0.2) is 9.78 Å². The van der Waals surface area contributed by atoms with Gasteiger partial charge in [0.25, 0.3) is 0 Å². The fraction of sp³-hybridized carbons (Fsp3) is 0.357. The Morgan fingerprint density at radius 2 is 2.06 bits per heavy atom. The first-order chi connectivity index (χ1) is 8.67. The second-order valence-electron chi connectivity index (χ2n) is 4.87.